The molecule has 0 saturated carbocycles. The van der Waals surface area contributed by atoms with Gasteiger partial charge >= 0.3 is 5.97 Å². The molecule has 134 valence electrons. The van der Waals surface area contributed by atoms with E-state index in [0.717, 1.165) is 6.07 Å². The van der Waals surface area contributed by atoms with Crippen molar-refractivity contribution in [2.75, 3.05) is 6.61 Å². The maximum Gasteiger partial charge on any atom is 0.374 e. The van der Waals surface area contributed by atoms with E-state index in [1.165, 1.54) is 6.07 Å². The predicted octanol–water partition coefficient (Wildman–Crippen LogP) is 3.75. The fourth-order valence-corrected chi connectivity index (χ4v) is 2.89. The third kappa shape index (κ3) is 3.39. The number of aromatic hydroxyl groups is 2. The molecule has 0 atom stereocenters. The van der Waals surface area contributed by atoms with Crippen molar-refractivity contribution in [3.63, 3.8) is 0 Å². The van der Waals surface area contributed by atoms with Crippen LogP contribution in [0.25, 0.3) is 11.0 Å². The summed E-state index contributed by atoms with van der Waals surface area (Å²) in [6.07, 6.45) is 0.0645. The number of ether oxygens (including phenoxy) is 1. The zero-order valence-corrected chi connectivity index (χ0v) is 14.4. The number of carbonyl (C=O) groups is 2. The molecule has 0 bridgehead atoms. The molecule has 1 aromatic heterocycles. The fraction of sp³-hybridized carbons (Fsp3) is 0.200. The fourth-order valence-electron chi connectivity index (χ4n) is 2.89. The summed E-state index contributed by atoms with van der Waals surface area (Å²) in [6.45, 7) is 3.62. The Hall–Kier alpha value is -3.28. The molecule has 0 aliphatic heterocycles. The van der Waals surface area contributed by atoms with Gasteiger partial charge in [-0.2, -0.15) is 0 Å². The van der Waals surface area contributed by atoms with Crippen molar-refractivity contribution in [3.8, 4) is 11.5 Å². The van der Waals surface area contributed by atoms with Gasteiger partial charge in [-0.3, -0.25) is 4.79 Å². The molecule has 1 heterocycles. The Morgan fingerprint density at radius 1 is 1.12 bits per heavy atom. The Bertz CT molecular complexity index is 976. The average molecular weight is 354 g/mol. The van der Waals surface area contributed by atoms with Crippen LogP contribution >= 0.6 is 0 Å². The van der Waals surface area contributed by atoms with Crippen LogP contribution in [0.5, 0.6) is 11.5 Å². The van der Waals surface area contributed by atoms with E-state index in [1.54, 1.807) is 38.1 Å². The minimum atomic E-state index is -0.536. The van der Waals surface area contributed by atoms with Crippen molar-refractivity contribution < 1.29 is 29.0 Å². The van der Waals surface area contributed by atoms with Gasteiger partial charge in [0.05, 0.1) is 12.2 Å². The number of phenols is 2. The van der Waals surface area contributed by atoms with Crippen molar-refractivity contribution in [1.29, 1.82) is 0 Å². The van der Waals surface area contributed by atoms with Crippen LogP contribution in [0.4, 0.5) is 0 Å². The third-order valence-corrected chi connectivity index (χ3v) is 4.00. The second kappa shape index (κ2) is 6.92. The molecule has 3 rings (SSSR count). The average Bonchev–Trinajstić information content (AvgIpc) is 2.97. The summed E-state index contributed by atoms with van der Waals surface area (Å²) < 4.78 is 10.4. The zero-order chi connectivity index (χ0) is 18.8. The molecular formula is C20H18O6. The number of furan rings is 1. The second-order valence-electron chi connectivity index (χ2n) is 5.96. The highest BCUT2D eigenvalue weighted by atomic mass is 16.5. The normalized spacial score (nSPS) is 10.8. The molecule has 6 nitrogen and oxygen atoms in total. The van der Waals surface area contributed by atoms with Crippen LogP contribution in [0, 0.1) is 6.92 Å². The summed E-state index contributed by atoms with van der Waals surface area (Å²) in [5.74, 6) is -1.04. The number of Topliss-reactive ketones (excluding diaryl/α,β-unsaturated/α-hetero) is 1. The van der Waals surface area contributed by atoms with E-state index in [4.69, 9.17) is 9.15 Å². The van der Waals surface area contributed by atoms with Gasteiger partial charge in [-0.25, -0.2) is 4.79 Å². The van der Waals surface area contributed by atoms with Crippen LogP contribution in [0.15, 0.2) is 40.8 Å². The van der Waals surface area contributed by atoms with Crippen LogP contribution in [-0.2, 0) is 11.2 Å². The van der Waals surface area contributed by atoms with Crippen LogP contribution < -0.4 is 0 Å². The summed E-state index contributed by atoms with van der Waals surface area (Å²) in [6, 6.07) is 9.31. The Morgan fingerprint density at radius 3 is 2.58 bits per heavy atom. The number of phenolic OH excluding ortho intramolecular Hbond substituents is 2. The molecule has 0 aliphatic rings. The van der Waals surface area contributed by atoms with E-state index >= 15 is 0 Å². The van der Waals surface area contributed by atoms with Gasteiger partial charge in [0.2, 0.25) is 5.76 Å². The summed E-state index contributed by atoms with van der Waals surface area (Å²) in [5.41, 5.74) is 1.92. The zero-order valence-electron chi connectivity index (χ0n) is 14.4. The number of ketones is 1. The van der Waals surface area contributed by atoms with Gasteiger partial charge in [-0.15, -0.1) is 0 Å². The van der Waals surface area contributed by atoms with Gasteiger partial charge in [0.1, 0.15) is 17.1 Å². The quantitative estimate of drug-likeness (QED) is 0.535. The number of benzene rings is 2. The lowest BCUT2D eigenvalue weighted by atomic mass is 9.97. The summed E-state index contributed by atoms with van der Waals surface area (Å²) in [4.78, 5) is 24.3. The third-order valence-electron chi connectivity index (χ3n) is 4.00. The van der Waals surface area contributed by atoms with Crippen LogP contribution in [0.3, 0.4) is 0 Å². The number of hydrogen-bond donors (Lipinski definition) is 2. The molecule has 0 spiro atoms. The maximum absolute atomic E-state index is 12.6. The topological polar surface area (TPSA) is 97.0 Å². The van der Waals surface area contributed by atoms with Crippen molar-refractivity contribution in [1.82, 2.24) is 0 Å². The monoisotopic (exact) mass is 354 g/mol. The highest BCUT2D eigenvalue weighted by Crippen LogP contribution is 2.28. The molecule has 0 unspecified atom stereocenters. The molecular weight excluding hydrogens is 336 g/mol. The molecule has 2 aromatic carbocycles. The molecule has 0 saturated heterocycles. The molecule has 0 radical (unpaired) electrons. The van der Waals surface area contributed by atoms with Gasteiger partial charge in [0.15, 0.2) is 5.78 Å². The summed E-state index contributed by atoms with van der Waals surface area (Å²) >= 11 is 0. The lowest BCUT2D eigenvalue weighted by Gasteiger charge is -2.08. The number of fused-ring (bicyclic) bond motifs is 1. The molecule has 0 fully saturated rings. The molecule has 3 aromatic rings. The largest absolute Gasteiger partial charge is 0.508 e. The minimum Gasteiger partial charge on any atom is -0.508 e. The van der Waals surface area contributed by atoms with E-state index in [2.05, 4.69) is 0 Å². The summed E-state index contributed by atoms with van der Waals surface area (Å²) in [5, 5.41) is 20.1. The van der Waals surface area contributed by atoms with E-state index in [0.29, 0.717) is 22.1 Å². The van der Waals surface area contributed by atoms with Crippen LogP contribution in [-0.4, -0.2) is 28.6 Å². The second-order valence-corrected chi connectivity index (χ2v) is 5.96. The standard InChI is InChI=1S/C20H18O6/c1-3-25-20(24)18-9-13-7-12(4-5-17(13)26-18)8-15(22)19-11(2)6-14(21)10-16(19)23/h4-7,9-10,21,23H,3,8H2,1-2H3. The van der Waals surface area contributed by atoms with Gasteiger partial charge in [-0.1, -0.05) is 6.07 Å². The highest BCUT2D eigenvalue weighted by Gasteiger charge is 2.17. The van der Waals surface area contributed by atoms with Crippen LogP contribution in [0.1, 0.15) is 39.0 Å². The highest BCUT2D eigenvalue weighted by molar-refractivity contribution is 6.02. The molecule has 0 aliphatic carbocycles. The van der Waals surface area contributed by atoms with Gasteiger partial charge in [-0.05, 0) is 49.2 Å². The van der Waals surface area contributed by atoms with Crippen LogP contribution in [0.2, 0.25) is 0 Å². The first-order chi connectivity index (χ1) is 12.4. The first kappa shape index (κ1) is 17.5. The first-order valence-corrected chi connectivity index (χ1v) is 8.14. The SMILES string of the molecule is CCOC(=O)c1cc2cc(CC(=O)c3c(C)cc(O)cc3O)ccc2o1. The number of hydrogen-bond acceptors (Lipinski definition) is 6. The van der Waals surface area contributed by atoms with E-state index in [9.17, 15) is 19.8 Å². The van der Waals surface area contributed by atoms with E-state index in [1.807, 2.05) is 0 Å². The number of esters is 1. The van der Waals surface area contributed by atoms with Crippen molar-refractivity contribution >= 4 is 22.7 Å². The lowest BCUT2D eigenvalue weighted by Crippen LogP contribution is -2.06. The number of aryl methyl sites for hydroxylation is 1. The van der Waals surface area contributed by atoms with Gasteiger partial charge in [0, 0.05) is 17.9 Å². The first-order valence-electron chi connectivity index (χ1n) is 8.14. The molecule has 6 heteroatoms. The predicted molar refractivity (Wildman–Crippen MR) is 94.7 cm³/mol. The minimum absolute atomic E-state index is 0.0645. The molecule has 2 N–H and O–H groups in total. The maximum atomic E-state index is 12.6. The van der Waals surface area contributed by atoms with E-state index < -0.39 is 5.97 Å². The van der Waals surface area contributed by atoms with E-state index in [-0.39, 0.29) is 41.6 Å². The number of carbonyl (C=O) groups excluding carboxylic acids is 2. The lowest BCUT2D eigenvalue weighted by molar-refractivity contribution is 0.0492. The summed E-state index contributed by atoms with van der Waals surface area (Å²) in [7, 11) is 0. The van der Waals surface area contributed by atoms with Crippen molar-refractivity contribution in [3.05, 3.63) is 58.8 Å². The molecule has 0 amide bonds. The van der Waals surface area contributed by atoms with Crippen molar-refractivity contribution in [2.24, 2.45) is 0 Å². The van der Waals surface area contributed by atoms with Gasteiger partial charge < -0.3 is 19.4 Å². The Labute approximate surface area is 149 Å². The Kier molecular flexibility index (Phi) is 4.67. The molecule has 26 heavy (non-hydrogen) atoms. The Balaban J connectivity index is 1.87. The number of rotatable bonds is 5. The smallest absolute Gasteiger partial charge is 0.374 e. The van der Waals surface area contributed by atoms with Crippen molar-refractivity contribution in [2.45, 2.75) is 20.3 Å². The Morgan fingerprint density at radius 2 is 1.88 bits per heavy atom. The van der Waals surface area contributed by atoms with Gasteiger partial charge in [0.25, 0.3) is 0 Å².